The lowest BCUT2D eigenvalue weighted by atomic mass is 9.75. The van der Waals surface area contributed by atoms with Gasteiger partial charge in [0.05, 0.1) is 18.6 Å². The molecular formula is C20H33NO5. The second kappa shape index (κ2) is 9.49. The van der Waals surface area contributed by atoms with Crippen LogP contribution in [0.5, 0.6) is 0 Å². The Morgan fingerprint density at radius 1 is 1.19 bits per heavy atom. The van der Waals surface area contributed by atoms with E-state index in [1.807, 2.05) is 6.92 Å². The van der Waals surface area contributed by atoms with Crippen LogP contribution in [-0.2, 0) is 19.1 Å². The number of carbonyl (C=O) groups is 3. The molecule has 148 valence electrons. The number of nitrogens with one attached hydrogen (secondary N) is 1. The average molecular weight is 367 g/mol. The number of hydrogen-bond donors (Lipinski definition) is 2. The van der Waals surface area contributed by atoms with Gasteiger partial charge in [0.15, 0.2) is 5.78 Å². The average Bonchev–Trinajstić information content (AvgIpc) is 3.00. The van der Waals surface area contributed by atoms with Crippen LogP contribution in [0.3, 0.4) is 0 Å². The van der Waals surface area contributed by atoms with Gasteiger partial charge in [0.2, 0.25) is 0 Å². The number of ketones is 1. The van der Waals surface area contributed by atoms with Crippen LogP contribution in [0.15, 0.2) is 0 Å². The quantitative estimate of drug-likeness (QED) is 0.609. The molecule has 0 saturated heterocycles. The Labute approximate surface area is 156 Å². The first-order valence-electron chi connectivity index (χ1n) is 10.1. The third-order valence-corrected chi connectivity index (χ3v) is 6.09. The van der Waals surface area contributed by atoms with E-state index in [9.17, 15) is 19.5 Å². The monoisotopic (exact) mass is 367 g/mol. The molecule has 0 bridgehead atoms. The maximum Gasteiger partial charge on any atom is 0.323 e. The summed E-state index contributed by atoms with van der Waals surface area (Å²) >= 11 is 0. The van der Waals surface area contributed by atoms with E-state index in [-0.39, 0.29) is 17.7 Å². The first kappa shape index (κ1) is 20.9. The Kier molecular flexibility index (Phi) is 7.62. The van der Waals surface area contributed by atoms with Crippen molar-refractivity contribution < 1.29 is 24.2 Å². The molecule has 6 nitrogen and oxygen atoms in total. The molecule has 0 spiro atoms. The highest BCUT2D eigenvalue weighted by atomic mass is 16.5. The number of Topliss-reactive ketones (excluding diaryl/α,β-unsaturated/α-hetero) is 1. The van der Waals surface area contributed by atoms with Crippen LogP contribution in [0.25, 0.3) is 0 Å². The molecule has 6 heteroatoms. The van der Waals surface area contributed by atoms with Crippen LogP contribution < -0.4 is 5.32 Å². The van der Waals surface area contributed by atoms with Gasteiger partial charge in [0, 0.05) is 5.92 Å². The van der Waals surface area contributed by atoms with Crippen molar-refractivity contribution in [2.24, 2.45) is 23.7 Å². The fourth-order valence-corrected chi connectivity index (χ4v) is 4.91. The van der Waals surface area contributed by atoms with Crippen molar-refractivity contribution in [3.63, 3.8) is 0 Å². The van der Waals surface area contributed by atoms with Gasteiger partial charge in [-0.25, -0.2) is 0 Å². The minimum atomic E-state index is -0.861. The SMILES string of the molecule is CCC[C@@H](N[C@H](C)C(=O)C1[C@H]2CCCC[C@H]2C[C@H]1C(=O)O)C(=O)OCC. The van der Waals surface area contributed by atoms with E-state index < -0.39 is 29.9 Å². The van der Waals surface area contributed by atoms with Gasteiger partial charge in [0.25, 0.3) is 0 Å². The Bertz CT molecular complexity index is 520. The van der Waals surface area contributed by atoms with E-state index in [1.54, 1.807) is 13.8 Å². The zero-order chi connectivity index (χ0) is 19.3. The molecule has 2 rings (SSSR count). The zero-order valence-electron chi connectivity index (χ0n) is 16.2. The number of hydrogen-bond acceptors (Lipinski definition) is 5. The van der Waals surface area contributed by atoms with Crippen molar-refractivity contribution in [1.82, 2.24) is 5.32 Å². The summed E-state index contributed by atoms with van der Waals surface area (Å²) in [6.45, 7) is 5.79. The molecule has 0 amide bonds. The maximum atomic E-state index is 13.2. The molecule has 0 radical (unpaired) electrons. The zero-order valence-corrected chi connectivity index (χ0v) is 16.2. The minimum Gasteiger partial charge on any atom is -0.481 e. The summed E-state index contributed by atoms with van der Waals surface area (Å²) in [5.41, 5.74) is 0. The predicted molar refractivity (Wildman–Crippen MR) is 97.6 cm³/mol. The molecular weight excluding hydrogens is 334 g/mol. The second-order valence-corrected chi connectivity index (χ2v) is 7.80. The topological polar surface area (TPSA) is 92.7 Å². The number of aliphatic carboxylic acids is 1. The Balaban J connectivity index is 2.10. The van der Waals surface area contributed by atoms with Crippen LogP contribution >= 0.6 is 0 Å². The molecule has 0 aromatic heterocycles. The van der Waals surface area contributed by atoms with E-state index >= 15 is 0 Å². The Morgan fingerprint density at radius 3 is 2.50 bits per heavy atom. The molecule has 26 heavy (non-hydrogen) atoms. The molecule has 6 atom stereocenters. The number of carboxylic acid groups (broad SMARTS) is 1. The Morgan fingerprint density at radius 2 is 1.88 bits per heavy atom. The smallest absolute Gasteiger partial charge is 0.323 e. The molecule has 0 heterocycles. The normalized spacial score (nSPS) is 30.3. The van der Waals surface area contributed by atoms with Gasteiger partial charge in [-0.15, -0.1) is 0 Å². The highest BCUT2D eigenvalue weighted by Crippen LogP contribution is 2.49. The summed E-state index contributed by atoms with van der Waals surface area (Å²) in [7, 11) is 0. The van der Waals surface area contributed by atoms with Gasteiger partial charge >= 0.3 is 11.9 Å². The van der Waals surface area contributed by atoms with Crippen LogP contribution in [0.4, 0.5) is 0 Å². The second-order valence-electron chi connectivity index (χ2n) is 7.80. The molecule has 0 aromatic rings. The van der Waals surface area contributed by atoms with E-state index in [2.05, 4.69) is 5.32 Å². The van der Waals surface area contributed by atoms with Gasteiger partial charge in [0.1, 0.15) is 6.04 Å². The van der Waals surface area contributed by atoms with E-state index in [0.717, 1.165) is 32.1 Å². The van der Waals surface area contributed by atoms with Gasteiger partial charge < -0.3 is 9.84 Å². The molecule has 1 unspecified atom stereocenters. The molecule has 0 aliphatic heterocycles. The highest BCUT2D eigenvalue weighted by Gasteiger charge is 2.51. The molecule has 2 fully saturated rings. The predicted octanol–water partition coefficient (Wildman–Crippen LogP) is 2.79. The lowest BCUT2D eigenvalue weighted by Crippen LogP contribution is -2.49. The summed E-state index contributed by atoms with van der Waals surface area (Å²) in [6.07, 6.45) is 6.16. The number of fused-ring (bicyclic) bond motifs is 1. The fourth-order valence-electron chi connectivity index (χ4n) is 4.91. The standard InChI is InChI=1S/C20H33NO5/c1-4-8-16(20(25)26-5-2)21-12(3)18(22)17-14-10-7-6-9-13(14)11-15(17)19(23)24/h12-17,21H,4-11H2,1-3H3,(H,23,24)/t12-,13+,14+,15-,16-,17?/m1/s1. The summed E-state index contributed by atoms with van der Waals surface area (Å²) in [5.74, 6) is -1.77. The molecule has 2 saturated carbocycles. The van der Waals surface area contributed by atoms with Crippen LogP contribution in [0, 0.1) is 23.7 Å². The fraction of sp³-hybridized carbons (Fsp3) is 0.850. The van der Waals surface area contributed by atoms with Gasteiger partial charge in [-0.1, -0.05) is 32.6 Å². The van der Waals surface area contributed by atoms with E-state index in [1.165, 1.54) is 0 Å². The van der Waals surface area contributed by atoms with Crippen LogP contribution in [-0.4, -0.2) is 41.5 Å². The van der Waals surface area contributed by atoms with Gasteiger partial charge in [-0.3, -0.25) is 19.7 Å². The maximum absolute atomic E-state index is 13.2. The first-order valence-corrected chi connectivity index (χ1v) is 10.1. The van der Waals surface area contributed by atoms with Crippen molar-refractivity contribution in [2.45, 2.75) is 77.8 Å². The molecule has 2 aliphatic rings. The van der Waals surface area contributed by atoms with Crippen molar-refractivity contribution >= 4 is 17.7 Å². The molecule has 2 aliphatic carbocycles. The number of carboxylic acids is 1. The van der Waals surface area contributed by atoms with E-state index in [0.29, 0.717) is 25.4 Å². The van der Waals surface area contributed by atoms with Gasteiger partial charge in [-0.05, 0) is 44.9 Å². The van der Waals surface area contributed by atoms with Crippen LogP contribution in [0.2, 0.25) is 0 Å². The number of rotatable bonds is 9. The summed E-state index contributed by atoms with van der Waals surface area (Å²) in [4.78, 5) is 37.0. The van der Waals surface area contributed by atoms with Crippen molar-refractivity contribution in [2.75, 3.05) is 6.61 Å². The Hall–Kier alpha value is -1.43. The lowest BCUT2D eigenvalue weighted by molar-refractivity contribution is -0.148. The summed E-state index contributed by atoms with van der Waals surface area (Å²) in [5, 5.41) is 12.8. The summed E-state index contributed by atoms with van der Waals surface area (Å²) < 4.78 is 5.10. The third-order valence-electron chi connectivity index (χ3n) is 6.09. The first-order chi connectivity index (χ1) is 12.4. The summed E-state index contributed by atoms with van der Waals surface area (Å²) in [6, 6.07) is -1.07. The number of esters is 1. The highest BCUT2D eigenvalue weighted by molar-refractivity contribution is 5.91. The minimum absolute atomic E-state index is 0.0581. The molecule has 2 N–H and O–H groups in total. The van der Waals surface area contributed by atoms with Crippen molar-refractivity contribution in [3.8, 4) is 0 Å². The third kappa shape index (κ3) is 4.64. The van der Waals surface area contributed by atoms with E-state index in [4.69, 9.17) is 4.74 Å². The van der Waals surface area contributed by atoms with Gasteiger partial charge in [-0.2, -0.15) is 0 Å². The molecule has 0 aromatic carbocycles. The number of ether oxygens (including phenoxy) is 1. The number of carbonyl (C=O) groups excluding carboxylic acids is 2. The van der Waals surface area contributed by atoms with Crippen LogP contribution in [0.1, 0.15) is 65.7 Å². The van der Waals surface area contributed by atoms with Crippen molar-refractivity contribution in [3.05, 3.63) is 0 Å². The largest absolute Gasteiger partial charge is 0.481 e. The van der Waals surface area contributed by atoms with Crippen molar-refractivity contribution in [1.29, 1.82) is 0 Å². The lowest BCUT2D eigenvalue weighted by Gasteiger charge is -2.31.